The molecule has 6 N–H and O–H groups in total. The number of imide groups is 1. The van der Waals surface area contributed by atoms with Gasteiger partial charge in [0.05, 0.1) is 12.1 Å². The number of rotatable bonds is 11. The van der Waals surface area contributed by atoms with Crippen LogP contribution in [-0.2, 0) is 20.9 Å². The number of hydrogen-bond acceptors (Lipinski definition) is 6. The van der Waals surface area contributed by atoms with Gasteiger partial charge < -0.3 is 26.7 Å². The fourth-order valence-electron chi connectivity index (χ4n) is 2.73. The molecule has 0 bridgehead atoms. The molecular formula is C20H32ClN5O4. The summed E-state index contributed by atoms with van der Waals surface area (Å²) in [5.74, 6) is -0.565. The van der Waals surface area contributed by atoms with Crippen LogP contribution in [0.4, 0.5) is 4.79 Å². The Morgan fingerprint density at radius 2 is 1.83 bits per heavy atom. The van der Waals surface area contributed by atoms with Crippen molar-refractivity contribution in [2.45, 2.75) is 51.8 Å². The standard InChI is InChI=1S/C20H31N5O4.ClH/c1-14(2)11-17(21)18(27)25(16(12-26)9-6-10-24-19(22)23)20(28)29-13-15-7-4-3-5-8-15;/h3-5,7-8,12,14,16-17H,6,9-11,13,21H2,1-2H3,(H4,22,23,24);1H/t16-,17-;/m0./s1. The molecule has 0 aromatic heterocycles. The second-order valence-corrected chi connectivity index (χ2v) is 7.14. The lowest BCUT2D eigenvalue weighted by Crippen LogP contribution is -2.52. The summed E-state index contributed by atoms with van der Waals surface area (Å²) in [6, 6.07) is 7.10. The molecule has 1 aromatic carbocycles. The van der Waals surface area contributed by atoms with Gasteiger partial charge in [0.2, 0.25) is 5.91 Å². The molecule has 0 saturated heterocycles. The van der Waals surface area contributed by atoms with Crippen molar-refractivity contribution in [3.05, 3.63) is 35.9 Å². The molecule has 0 spiro atoms. The summed E-state index contributed by atoms with van der Waals surface area (Å²) in [7, 11) is 0. The van der Waals surface area contributed by atoms with Crippen LogP contribution in [-0.4, -0.2) is 47.8 Å². The molecular weight excluding hydrogens is 410 g/mol. The molecule has 0 radical (unpaired) electrons. The molecule has 30 heavy (non-hydrogen) atoms. The van der Waals surface area contributed by atoms with Crippen LogP contribution in [0.15, 0.2) is 35.3 Å². The van der Waals surface area contributed by atoms with E-state index in [0.717, 1.165) is 10.5 Å². The van der Waals surface area contributed by atoms with Crippen molar-refractivity contribution in [2.75, 3.05) is 6.54 Å². The van der Waals surface area contributed by atoms with Gasteiger partial charge in [-0.05, 0) is 30.7 Å². The smallest absolute Gasteiger partial charge is 0.417 e. The first-order chi connectivity index (χ1) is 13.8. The molecule has 1 rings (SSSR count). The minimum atomic E-state index is -1.02. The molecule has 0 fully saturated rings. The predicted octanol–water partition coefficient (Wildman–Crippen LogP) is 1.57. The number of hydrogen-bond donors (Lipinski definition) is 3. The third kappa shape index (κ3) is 9.71. The number of carbonyl (C=O) groups excluding carboxylic acids is 3. The van der Waals surface area contributed by atoms with E-state index < -0.39 is 24.1 Å². The Morgan fingerprint density at radius 3 is 2.37 bits per heavy atom. The quantitative estimate of drug-likeness (QED) is 0.204. The Bertz CT molecular complexity index is 696. The van der Waals surface area contributed by atoms with Crippen LogP contribution in [0.25, 0.3) is 0 Å². The van der Waals surface area contributed by atoms with E-state index in [4.69, 9.17) is 21.9 Å². The van der Waals surface area contributed by atoms with Gasteiger partial charge >= 0.3 is 6.09 Å². The molecule has 168 valence electrons. The van der Waals surface area contributed by atoms with Gasteiger partial charge in [-0.3, -0.25) is 9.79 Å². The van der Waals surface area contributed by atoms with Crippen molar-refractivity contribution < 1.29 is 19.1 Å². The summed E-state index contributed by atoms with van der Waals surface area (Å²) in [5, 5.41) is 0. The highest BCUT2D eigenvalue weighted by Gasteiger charge is 2.34. The largest absolute Gasteiger partial charge is 0.444 e. The van der Waals surface area contributed by atoms with Gasteiger partial charge in [-0.1, -0.05) is 44.2 Å². The lowest BCUT2D eigenvalue weighted by atomic mass is 10.0. The molecule has 0 aliphatic heterocycles. The van der Waals surface area contributed by atoms with E-state index >= 15 is 0 Å². The van der Waals surface area contributed by atoms with Crippen LogP contribution in [0.5, 0.6) is 0 Å². The van der Waals surface area contributed by atoms with Gasteiger partial charge in [-0.25, -0.2) is 9.69 Å². The van der Waals surface area contributed by atoms with Gasteiger partial charge in [-0.2, -0.15) is 0 Å². The fourth-order valence-corrected chi connectivity index (χ4v) is 2.73. The zero-order valence-corrected chi connectivity index (χ0v) is 18.2. The molecule has 9 nitrogen and oxygen atoms in total. The number of nitrogens with zero attached hydrogens (tertiary/aromatic N) is 2. The van der Waals surface area contributed by atoms with Crippen LogP contribution in [0.1, 0.15) is 38.7 Å². The molecule has 2 atom stereocenters. The Labute approximate surface area is 183 Å². The average molecular weight is 442 g/mol. The minimum Gasteiger partial charge on any atom is -0.444 e. The van der Waals surface area contributed by atoms with E-state index in [9.17, 15) is 14.4 Å². The number of benzene rings is 1. The van der Waals surface area contributed by atoms with Gasteiger partial charge in [0.15, 0.2) is 5.96 Å². The van der Waals surface area contributed by atoms with Crippen molar-refractivity contribution in [2.24, 2.45) is 28.1 Å². The summed E-state index contributed by atoms with van der Waals surface area (Å²) in [5.41, 5.74) is 17.3. The number of amides is 2. The van der Waals surface area contributed by atoms with Crippen molar-refractivity contribution in [3.63, 3.8) is 0 Å². The van der Waals surface area contributed by atoms with Gasteiger partial charge in [0.25, 0.3) is 0 Å². The zero-order chi connectivity index (χ0) is 21.8. The second kappa shape index (κ2) is 14.4. The van der Waals surface area contributed by atoms with E-state index in [1.807, 2.05) is 32.0 Å². The first kappa shape index (κ1) is 27.4. The van der Waals surface area contributed by atoms with E-state index in [1.54, 1.807) is 12.1 Å². The van der Waals surface area contributed by atoms with Crippen molar-refractivity contribution >= 4 is 36.7 Å². The minimum absolute atomic E-state index is 0. The first-order valence-electron chi connectivity index (χ1n) is 9.56. The van der Waals surface area contributed by atoms with Gasteiger partial charge in [0.1, 0.15) is 12.9 Å². The number of halogens is 1. The summed E-state index contributed by atoms with van der Waals surface area (Å²) >= 11 is 0. The summed E-state index contributed by atoms with van der Waals surface area (Å²) in [6.45, 7) is 4.07. The highest BCUT2D eigenvalue weighted by molar-refractivity contribution is 5.97. The number of ether oxygens (including phenoxy) is 1. The predicted molar refractivity (Wildman–Crippen MR) is 118 cm³/mol. The third-order valence-electron chi connectivity index (χ3n) is 4.12. The third-order valence-corrected chi connectivity index (χ3v) is 4.12. The van der Waals surface area contributed by atoms with Crippen LogP contribution in [0, 0.1) is 5.92 Å². The molecule has 0 aliphatic carbocycles. The molecule has 0 unspecified atom stereocenters. The lowest BCUT2D eigenvalue weighted by Gasteiger charge is -2.28. The summed E-state index contributed by atoms with van der Waals surface area (Å²) in [6.07, 6.45) is 0.606. The molecule has 2 amide bonds. The monoisotopic (exact) mass is 441 g/mol. The zero-order valence-electron chi connectivity index (χ0n) is 17.4. The number of guanidine groups is 1. The molecule has 1 aromatic rings. The number of aliphatic imine (C=N–C) groups is 1. The molecule has 0 aliphatic rings. The highest BCUT2D eigenvalue weighted by atomic mass is 35.5. The Balaban J connectivity index is 0.00000841. The maximum absolute atomic E-state index is 12.8. The summed E-state index contributed by atoms with van der Waals surface area (Å²) < 4.78 is 5.28. The topological polar surface area (TPSA) is 154 Å². The maximum atomic E-state index is 12.8. The second-order valence-electron chi connectivity index (χ2n) is 7.14. The first-order valence-corrected chi connectivity index (χ1v) is 9.56. The normalized spacial score (nSPS) is 12.3. The molecule has 10 heteroatoms. The fraction of sp³-hybridized carbons (Fsp3) is 0.500. The van der Waals surface area contributed by atoms with Crippen LogP contribution in [0.2, 0.25) is 0 Å². The van der Waals surface area contributed by atoms with Gasteiger partial charge in [-0.15, -0.1) is 12.4 Å². The number of nitrogens with two attached hydrogens (primary N) is 3. The van der Waals surface area contributed by atoms with E-state index in [1.165, 1.54) is 0 Å². The molecule has 0 saturated carbocycles. The van der Waals surface area contributed by atoms with Crippen LogP contribution < -0.4 is 17.2 Å². The van der Waals surface area contributed by atoms with Crippen molar-refractivity contribution in [3.8, 4) is 0 Å². The Kier molecular flexibility index (Phi) is 13.1. The van der Waals surface area contributed by atoms with E-state index in [2.05, 4.69) is 4.99 Å². The summed E-state index contributed by atoms with van der Waals surface area (Å²) in [4.78, 5) is 41.9. The highest BCUT2D eigenvalue weighted by Crippen LogP contribution is 2.14. The Morgan fingerprint density at radius 1 is 1.20 bits per heavy atom. The van der Waals surface area contributed by atoms with Crippen molar-refractivity contribution in [1.82, 2.24) is 4.90 Å². The number of carbonyl (C=O) groups is 3. The van der Waals surface area contributed by atoms with Crippen molar-refractivity contribution in [1.29, 1.82) is 0 Å². The SMILES string of the molecule is CC(C)C[C@H](N)C(=O)N(C(=O)OCc1ccccc1)[C@H](C=O)CCCN=C(N)N.Cl. The molecule has 0 heterocycles. The van der Waals surface area contributed by atoms with E-state index in [-0.39, 0.29) is 43.9 Å². The van der Waals surface area contributed by atoms with Gasteiger partial charge in [0, 0.05) is 6.54 Å². The Hall–Kier alpha value is -2.65. The average Bonchev–Trinajstić information content (AvgIpc) is 2.68. The lowest BCUT2D eigenvalue weighted by molar-refractivity contribution is -0.136. The number of aldehydes is 1. The maximum Gasteiger partial charge on any atom is 0.417 e. The van der Waals surface area contributed by atoms with Crippen LogP contribution in [0.3, 0.4) is 0 Å². The van der Waals surface area contributed by atoms with E-state index in [0.29, 0.717) is 19.1 Å². The van der Waals surface area contributed by atoms with Crippen LogP contribution >= 0.6 is 12.4 Å².